The van der Waals surface area contributed by atoms with Crippen molar-refractivity contribution in [2.24, 2.45) is 5.14 Å². The third-order valence-corrected chi connectivity index (χ3v) is 3.24. The highest BCUT2D eigenvalue weighted by atomic mass is 35.5. The Morgan fingerprint density at radius 1 is 1.20 bits per heavy atom. The molecule has 0 aromatic heterocycles. The standard InChI is InChI=1S/C8H10Cl2N2O2S/c1-12(2)8-6(9)3-5(4-7(8)10)15(11,13)14/h3-4H,1-2H3,(H2,11,13,14). The quantitative estimate of drug-likeness (QED) is 0.888. The summed E-state index contributed by atoms with van der Waals surface area (Å²) in [5.74, 6) is 0. The molecular formula is C8H10Cl2N2O2S. The summed E-state index contributed by atoms with van der Waals surface area (Å²) in [6.45, 7) is 0. The van der Waals surface area contributed by atoms with E-state index in [0.717, 1.165) is 0 Å². The topological polar surface area (TPSA) is 63.4 Å². The van der Waals surface area contributed by atoms with Crippen molar-refractivity contribution >= 4 is 38.9 Å². The second kappa shape index (κ2) is 4.17. The summed E-state index contributed by atoms with van der Waals surface area (Å²) in [6.07, 6.45) is 0. The molecule has 0 fully saturated rings. The van der Waals surface area contributed by atoms with Gasteiger partial charge in [0, 0.05) is 14.1 Å². The molecule has 2 N–H and O–H groups in total. The molecule has 0 atom stereocenters. The molecule has 0 radical (unpaired) electrons. The Morgan fingerprint density at radius 3 is 1.87 bits per heavy atom. The molecule has 0 bridgehead atoms. The molecule has 0 saturated heterocycles. The van der Waals surface area contributed by atoms with Crippen LogP contribution < -0.4 is 10.0 Å². The minimum atomic E-state index is -3.78. The first kappa shape index (κ1) is 12.6. The van der Waals surface area contributed by atoms with E-state index in [1.165, 1.54) is 12.1 Å². The van der Waals surface area contributed by atoms with Gasteiger partial charge in [-0.3, -0.25) is 0 Å². The molecule has 7 heteroatoms. The van der Waals surface area contributed by atoms with Crippen LogP contribution in [0.3, 0.4) is 0 Å². The van der Waals surface area contributed by atoms with Gasteiger partial charge in [0.05, 0.1) is 20.6 Å². The number of sulfonamides is 1. The number of nitrogens with zero attached hydrogens (tertiary/aromatic N) is 1. The van der Waals surface area contributed by atoms with Crippen LogP contribution in [-0.2, 0) is 10.0 Å². The van der Waals surface area contributed by atoms with Crippen LogP contribution in [0.5, 0.6) is 0 Å². The Kier molecular flexibility index (Phi) is 3.50. The number of anilines is 1. The first-order valence-corrected chi connectivity index (χ1v) is 6.23. The number of benzene rings is 1. The average Bonchev–Trinajstić information content (AvgIpc) is 1.99. The van der Waals surface area contributed by atoms with E-state index in [1.54, 1.807) is 19.0 Å². The Balaban J connectivity index is 3.45. The van der Waals surface area contributed by atoms with Crippen molar-refractivity contribution in [1.29, 1.82) is 0 Å². The monoisotopic (exact) mass is 268 g/mol. The fraction of sp³-hybridized carbons (Fsp3) is 0.250. The van der Waals surface area contributed by atoms with Crippen LogP contribution in [0.25, 0.3) is 0 Å². The van der Waals surface area contributed by atoms with Crippen LogP contribution in [0.4, 0.5) is 5.69 Å². The van der Waals surface area contributed by atoms with E-state index in [4.69, 9.17) is 28.3 Å². The molecule has 0 saturated carbocycles. The van der Waals surface area contributed by atoms with Gasteiger partial charge in [-0.1, -0.05) is 23.2 Å². The average molecular weight is 269 g/mol. The van der Waals surface area contributed by atoms with Gasteiger partial charge in [-0.2, -0.15) is 0 Å². The zero-order chi connectivity index (χ0) is 11.8. The summed E-state index contributed by atoms with van der Waals surface area (Å²) >= 11 is 11.8. The normalized spacial score (nSPS) is 11.5. The molecule has 1 rings (SSSR count). The lowest BCUT2D eigenvalue weighted by molar-refractivity contribution is 0.598. The Bertz CT molecular complexity index is 462. The van der Waals surface area contributed by atoms with E-state index in [9.17, 15) is 8.42 Å². The van der Waals surface area contributed by atoms with E-state index < -0.39 is 10.0 Å². The summed E-state index contributed by atoms with van der Waals surface area (Å²) in [5, 5.41) is 5.46. The fourth-order valence-electron chi connectivity index (χ4n) is 1.13. The van der Waals surface area contributed by atoms with Gasteiger partial charge in [0.1, 0.15) is 0 Å². The van der Waals surface area contributed by atoms with Crippen molar-refractivity contribution in [2.75, 3.05) is 19.0 Å². The lowest BCUT2D eigenvalue weighted by Gasteiger charge is -2.16. The highest BCUT2D eigenvalue weighted by Gasteiger charge is 2.15. The maximum atomic E-state index is 11.1. The zero-order valence-electron chi connectivity index (χ0n) is 8.16. The van der Waals surface area contributed by atoms with Gasteiger partial charge in [0.15, 0.2) is 0 Å². The highest BCUT2D eigenvalue weighted by molar-refractivity contribution is 7.89. The molecule has 0 aliphatic rings. The van der Waals surface area contributed by atoms with Gasteiger partial charge in [-0.15, -0.1) is 0 Å². The molecule has 4 nitrogen and oxygen atoms in total. The Morgan fingerprint density at radius 2 is 1.60 bits per heavy atom. The minimum absolute atomic E-state index is 0.0944. The number of primary sulfonamides is 1. The SMILES string of the molecule is CN(C)c1c(Cl)cc(S(N)(=O)=O)cc1Cl. The number of hydrogen-bond donors (Lipinski definition) is 1. The number of rotatable bonds is 2. The van der Waals surface area contributed by atoms with Crippen LogP contribution in [0, 0.1) is 0 Å². The fourth-order valence-corrected chi connectivity index (χ4v) is 2.65. The predicted octanol–water partition coefficient (Wildman–Crippen LogP) is 1.71. The van der Waals surface area contributed by atoms with Gasteiger partial charge in [-0.05, 0) is 12.1 Å². The van der Waals surface area contributed by atoms with E-state index in [2.05, 4.69) is 0 Å². The zero-order valence-corrected chi connectivity index (χ0v) is 10.5. The third kappa shape index (κ3) is 2.75. The van der Waals surface area contributed by atoms with Crippen LogP contribution in [0.2, 0.25) is 10.0 Å². The van der Waals surface area contributed by atoms with Gasteiger partial charge in [0.25, 0.3) is 0 Å². The third-order valence-electron chi connectivity index (χ3n) is 1.77. The van der Waals surface area contributed by atoms with Crippen LogP contribution >= 0.6 is 23.2 Å². The summed E-state index contributed by atoms with van der Waals surface area (Å²) in [7, 11) is -0.270. The molecular weight excluding hydrogens is 259 g/mol. The van der Waals surface area contributed by atoms with E-state index >= 15 is 0 Å². The van der Waals surface area contributed by atoms with Crippen LogP contribution in [-0.4, -0.2) is 22.5 Å². The number of nitrogens with two attached hydrogens (primary N) is 1. The van der Waals surface area contributed by atoms with Gasteiger partial charge in [-0.25, -0.2) is 13.6 Å². The number of hydrogen-bond acceptors (Lipinski definition) is 3. The molecule has 0 heterocycles. The predicted molar refractivity (Wildman–Crippen MR) is 62.2 cm³/mol. The van der Waals surface area contributed by atoms with Gasteiger partial charge >= 0.3 is 0 Å². The highest BCUT2D eigenvalue weighted by Crippen LogP contribution is 2.34. The number of halogens is 2. The smallest absolute Gasteiger partial charge is 0.238 e. The van der Waals surface area contributed by atoms with Gasteiger partial charge < -0.3 is 4.90 Å². The summed E-state index contributed by atoms with van der Waals surface area (Å²) in [4.78, 5) is 1.60. The maximum absolute atomic E-state index is 11.1. The van der Waals surface area contributed by atoms with Crippen LogP contribution in [0.1, 0.15) is 0 Å². The second-order valence-electron chi connectivity index (χ2n) is 3.17. The summed E-state index contributed by atoms with van der Waals surface area (Å²) in [6, 6.07) is 2.55. The van der Waals surface area contributed by atoms with Crippen molar-refractivity contribution in [3.8, 4) is 0 Å². The first-order valence-electron chi connectivity index (χ1n) is 3.92. The van der Waals surface area contributed by atoms with Crippen LogP contribution in [0.15, 0.2) is 17.0 Å². The van der Waals surface area contributed by atoms with E-state index in [0.29, 0.717) is 5.69 Å². The lowest BCUT2D eigenvalue weighted by Crippen LogP contribution is -2.14. The molecule has 0 aliphatic heterocycles. The molecule has 1 aromatic carbocycles. The molecule has 0 amide bonds. The molecule has 15 heavy (non-hydrogen) atoms. The Labute approximate surface area is 98.6 Å². The maximum Gasteiger partial charge on any atom is 0.238 e. The minimum Gasteiger partial charge on any atom is -0.375 e. The van der Waals surface area contributed by atoms with Gasteiger partial charge in [0.2, 0.25) is 10.0 Å². The van der Waals surface area contributed by atoms with E-state index in [-0.39, 0.29) is 14.9 Å². The Hall–Kier alpha value is -0.490. The second-order valence-corrected chi connectivity index (χ2v) is 5.55. The molecule has 1 aromatic rings. The summed E-state index contributed by atoms with van der Waals surface area (Å²) < 4.78 is 22.1. The van der Waals surface area contributed by atoms with Crippen molar-refractivity contribution in [3.05, 3.63) is 22.2 Å². The van der Waals surface area contributed by atoms with Crippen molar-refractivity contribution in [3.63, 3.8) is 0 Å². The van der Waals surface area contributed by atoms with Crippen molar-refractivity contribution < 1.29 is 8.42 Å². The molecule has 0 unspecified atom stereocenters. The van der Waals surface area contributed by atoms with Crippen molar-refractivity contribution in [1.82, 2.24) is 0 Å². The molecule has 84 valence electrons. The van der Waals surface area contributed by atoms with E-state index in [1.807, 2.05) is 0 Å². The first-order chi connectivity index (χ1) is 6.73. The largest absolute Gasteiger partial charge is 0.375 e. The van der Waals surface area contributed by atoms with Crippen molar-refractivity contribution in [2.45, 2.75) is 4.90 Å². The molecule has 0 spiro atoms. The summed E-state index contributed by atoms with van der Waals surface area (Å²) in [5.41, 5.74) is 0.561. The lowest BCUT2D eigenvalue weighted by atomic mass is 10.3. The molecule has 0 aliphatic carbocycles.